The second kappa shape index (κ2) is 8.09. The maximum Gasteiger partial charge on any atom is 0.186 e. The van der Waals surface area contributed by atoms with Gasteiger partial charge in [0.05, 0.1) is 19.8 Å². The minimum atomic E-state index is -0.651. The van der Waals surface area contributed by atoms with E-state index < -0.39 is 12.1 Å². The lowest BCUT2D eigenvalue weighted by Gasteiger charge is -2.37. The summed E-state index contributed by atoms with van der Waals surface area (Å²) in [5.41, 5.74) is 2.19. The van der Waals surface area contributed by atoms with Gasteiger partial charge in [0, 0.05) is 0 Å². The molecule has 5 heteroatoms. The fourth-order valence-electron chi connectivity index (χ4n) is 3.55. The molecule has 5 nitrogen and oxygen atoms in total. The summed E-state index contributed by atoms with van der Waals surface area (Å²) in [7, 11) is 0. The Labute approximate surface area is 160 Å². The molecule has 2 heterocycles. The van der Waals surface area contributed by atoms with Crippen molar-refractivity contribution in [2.45, 2.75) is 57.5 Å². The summed E-state index contributed by atoms with van der Waals surface area (Å²) in [6, 6.07) is 20.1. The summed E-state index contributed by atoms with van der Waals surface area (Å²) in [6.07, 6.45) is -1.25. The first-order valence-electron chi connectivity index (χ1n) is 9.39. The number of fused-ring (bicyclic) bond motifs is 1. The lowest BCUT2D eigenvalue weighted by molar-refractivity contribution is -0.270. The molecule has 0 aromatic heterocycles. The Morgan fingerprint density at radius 1 is 0.852 bits per heavy atom. The average molecular weight is 370 g/mol. The monoisotopic (exact) mass is 370 g/mol. The molecule has 0 radical (unpaired) electrons. The highest BCUT2D eigenvalue weighted by Gasteiger charge is 2.52. The van der Waals surface area contributed by atoms with Crippen LogP contribution in [0.25, 0.3) is 0 Å². The van der Waals surface area contributed by atoms with Crippen molar-refractivity contribution < 1.29 is 23.7 Å². The molecule has 2 aliphatic rings. The van der Waals surface area contributed by atoms with Crippen molar-refractivity contribution in [3.8, 4) is 0 Å². The Kier molecular flexibility index (Phi) is 5.57. The number of hydrogen-bond acceptors (Lipinski definition) is 5. The lowest BCUT2D eigenvalue weighted by Crippen LogP contribution is -2.53. The van der Waals surface area contributed by atoms with E-state index in [9.17, 15) is 0 Å². The molecule has 0 spiro atoms. The second-order valence-corrected chi connectivity index (χ2v) is 7.40. The Morgan fingerprint density at radius 2 is 1.44 bits per heavy atom. The molecule has 0 amide bonds. The van der Waals surface area contributed by atoms with Crippen LogP contribution in [0.15, 0.2) is 60.7 Å². The topological polar surface area (TPSA) is 46.2 Å². The van der Waals surface area contributed by atoms with Gasteiger partial charge in [-0.25, -0.2) is 0 Å². The van der Waals surface area contributed by atoms with E-state index in [-0.39, 0.29) is 18.3 Å². The average Bonchev–Trinajstić information content (AvgIpc) is 3.00. The summed E-state index contributed by atoms with van der Waals surface area (Å²) >= 11 is 0. The Hall–Kier alpha value is -1.76. The summed E-state index contributed by atoms with van der Waals surface area (Å²) in [4.78, 5) is 0. The highest BCUT2D eigenvalue weighted by molar-refractivity contribution is 5.14. The van der Waals surface area contributed by atoms with Gasteiger partial charge in [0.1, 0.15) is 18.3 Å². The van der Waals surface area contributed by atoms with E-state index in [1.807, 2.05) is 74.5 Å². The van der Waals surface area contributed by atoms with Gasteiger partial charge in [0.15, 0.2) is 12.1 Å². The quantitative estimate of drug-likeness (QED) is 0.776. The van der Waals surface area contributed by atoms with Crippen LogP contribution in [0.2, 0.25) is 0 Å². The predicted molar refractivity (Wildman–Crippen MR) is 99.8 cm³/mol. The van der Waals surface area contributed by atoms with Crippen LogP contribution in [0, 0.1) is 0 Å². The van der Waals surface area contributed by atoms with Crippen LogP contribution in [-0.2, 0) is 36.9 Å². The number of hydrogen-bond donors (Lipinski definition) is 0. The van der Waals surface area contributed by atoms with Crippen molar-refractivity contribution in [3.05, 3.63) is 71.8 Å². The van der Waals surface area contributed by atoms with Gasteiger partial charge >= 0.3 is 0 Å². The molecule has 0 bridgehead atoms. The molecular formula is C22H26O5. The molecule has 2 aliphatic heterocycles. The Balaban J connectivity index is 1.46. The molecule has 0 saturated carbocycles. The first-order valence-corrected chi connectivity index (χ1v) is 9.39. The van der Waals surface area contributed by atoms with Gasteiger partial charge in [0.25, 0.3) is 0 Å². The minimum absolute atomic E-state index is 0.155. The van der Waals surface area contributed by atoms with E-state index >= 15 is 0 Å². The third kappa shape index (κ3) is 4.57. The first-order chi connectivity index (χ1) is 13.1. The zero-order chi connectivity index (χ0) is 18.7. The third-order valence-corrected chi connectivity index (χ3v) is 4.78. The van der Waals surface area contributed by atoms with Crippen molar-refractivity contribution in [1.29, 1.82) is 0 Å². The summed E-state index contributed by atoms with van der Waals surface area (Å²) in [6.45, 7) is 5.18. The normalized spacial score (nSPS) is 29.4. The summed E-state index contributed by atoms with van der Waals surface area (Å²) in [5.74, 6) is -0.651. The van der Waals surface area contributed by atoms with Gasteiger partial charge in [-0.05, 0) is 25.0 Å². The zero-order valence-electron chi connectivity index (χ0n) is 15.7. The van der Waals surface area contributed by atoms with Crippen LogP contribution in [0.5, 0.6) is 0 Å². The van der Waals surface area contributed by atoms with Crippen LogP contribution in [0.3, 0.4) is 0 Å². The van der Waals surface area contributed by atoms with Gasteiger partial charge in [-0.15, -0.1) is 0 Å². The molecule has 0 N–H and O–H groups in total. The summed E-state index contributed by atoms with van der Waals surface area (Å²) < 4.78 is 30.3. The summed E-state index contributed by atoms with van der Waals surface area (Å²) in [5, 5.41) is 0. The van der Waals surface area contributed by atoms with Gasteiger partial charge in [-0.1, -0.05) is 60.7 Å². The molecule has 0 unspecified atom stereocenters. The molecule has 2 saturated heterocycles. The number of benzene rings is 2. The molecule has 2 fully saturated rings. The molecule has 2 aromatic rings. The van der Waals surface area contributed by atoms with Gasteiger partial charge in [0.2, 0.25) is 0 Å². The van der Waals surface area contributed by atoms with Crippen LogP contribution >= 0.6 is 0 Å². The highest BCUT2D eigenvalue weighted by Crippen LogP contribution is 2.36. The van der Waals surface area contributed by atoms with Gasteiger partial charge < -0.3 is 23.7 Å². The zero-order valence-corrected chi connectivity index (χ0v) is 15.7. The van der Waals surface area contributed by atoms with Gasteiger partial charge in [-0.2, -0.15) is 0 Å². The molecule has 4 atom stereocenters. The van der Waals surface area contributed by atoms with E-state index in [0.717, 1.165) is 11.1 Å². The van der Waals surface area contributed by atoms with Crippen LogP contribution in [-0.4, -0.2) is 37.0 Å². The standard InChI is InChI=1S/C22H26O5/c1-22(2)26-18-15-25-21(24-14-17-11-7-4-8-12-17)20(19(18)27-22)23-13-16-9-5-3-6-10-16/h3-12,18-21H,13-15H2,1-2H3/t18-,19-,20+,21-/m1/s1. The van der Waals surface area contributed by atoms with Crippen molar-refractivity contribution in [1.82, 2.24) is 0 Å². The van der Waals surface area contributed by atoms with E-state index in [1.165, 1.54) is 0 Å². The van der Waals surface area contributed by atoms with Crippen LogP contribution in [0.1, 0.15) is 25.0 Å². The Morgan fingerprint density at radius 3 is 2.07 bits per heavy atom. The molecule has 0 aliphatic carbocycles. The van der Waals surface area contributed by atoms with Crippen LogP contribution < -0.4 is 0 Å². The second-order valence-electron chi connectivity index (χ2n) is 7.40. The third-order valence-electron chi connectivity index (χ3n) is 4.78. The predicted octanol–water partition coefficient (Wildman–Crippen LogP) is 3.67. The van der Waals surface area contributed by atoms with Crippen molar-refractivity contribution in [2.75, 3.05) is 6.61 Å². The molecule has 27 heavy (non-hydrogen) atoms. The van der Waals surface area contributed by atoms with Gasteiger partial charge in [-0.3, -0.25) is 0 Å². The Bertz CT molecular complexity index is 718. The molecular weight excluding hydrogens is 344 g/mol. The minimum Gasteiger partial charge on any atom is -0.365 e. The van der Waals surface area contributed by atoms with E-state index in [1.54, 1.807) is 0 Å². The fraction of sp³-hybridized carbons (Fsp3) is 0.455. The fourth-order valence-corrected chi connectivity index (χ4v) is 3.55. The molecule has 2 aromatic carbocycles. The maximum absolute atomic E-state index is 6.22. The smallest absolute Gasteiger partial charge is 0.186 e. The van der Waals surface area contributed by atoms with Crippen molar-refractivity contribution in [3.63, 3.8) is 0 Å². The van der Waals surface area contributed by atoms with Crippen LogP contribution in [0.4, 0.5) is 0 Å². The largest absolute Gasteiger partial charge is 0.365 e. The maximum atomic E-state index is 6.22. The number of rotatable bonds is 6. The highest BCUT2D eigenvalue weighted by atomic mass is 16.8. The molecule has 144 valence electrons. The van der Waals surface area contributed by atoms with E-state index in [2.05, 4.69) is 0 Å². The van der Waals surface area contributed by atoms with Crippen molar-refractivity contribution >= 4 is 0 Å². The van der Waals surface area contributed by atoms with E-state index in [4.69, 9.17) is 23.7 Å². The SMILES string of the molecule is CC1(C)O[C@H]2[C@H](OCc3ccccc3)[C@H](OCc3ccccc3)OC[C@H]2O1. The lowest BCUT2D eigenvalue weighted by atomic mass is 10.1. The van der Waals surface area contributed by atoms with Crippen molar-refractivity contribution in [2.24, 2.45) is 0 Å². The molecule has 4 rings (SSSR count). The first kappa shape index (κ1) is 18.6. The van der Waals surface area contributed by atoms with E-state index in [0.29, 0.717) is 19.8 Å². The number of ether oxygens (including phenoxy) is 5.